The average Bonchev–Trinajstić information content (AvgIpc) is 2.69. The molecule has 150 valence electrons. The third kappa shape index (κ3) is 4.66. The monoisotopic (exact) mass is 409 g/mol. The van der Waals surface area contributed by atoms with Crippen LogP contribution in [0.15, 0.2) is 77.7 Å². The molecular formula is C23H23NO4S. The SMILES string of the molecule is Cc1ccc(N(C(=O)COc2ccccc2C)S(=O)(=O)c2ccc(C)cc2)cc1. The summed E-state index contributed by atoms with van der Waals surface area (Å²) < 4.78 is 33.0. The highest BCUT2D eigenvalue weighted by molar-refractivity contribution is 7.93. The van der Waals surface area contributed by atoms with Crippen molar-refractivity contribution < 1.29 is 17.9 Å². The topological polar surface area (TPSA) is 63.7 Å². The maximum absolute atomic E-state index is 13.3. The minimum atomic E-state index is -4.09. The second-order valence-corrected chi connectivity index (χ2v) is 8.65. The summed E-state index contributed by atoms with van der Waals surface area (Å²) in [5.74, 6) is -0.130. The van der Waals surface area contributed by atoms with Gasteiger partial charge in [0.25, 0.3) is 15.9 Å². The smallest absolute Gasteiger partial charge is 0.278 e. The number of benzene rings is 3. The van der Waals surface area contributed by atoms with Gasteiger partial charge in [0.15, 0.2) is 6.61 Å². The number of carbonyl (C=O) groups excluding carboxylic acids is 1. The molecule has 3 aromatic rings. The van der Waals surface area contributed by atoms with Crippen LogP contribution in [0.4, 0.5) is 5.69 Å². The molecule has 5 nitrogen and oxygen atoms in total. The zero-order valence-corrected chi connectivity index (χ0v) is 17.4. The van der Waals surface area contributed by atoms with E-state index in [1.165, 1.54) is 12.1 Å². The van der Waals surface area contributed by atoms with E-state index in [1.807, 2.05) is 32.9 Å². The van der Waals surface area contributed by atoms with Crippen molar-refractivity contribution in [1.29, 1.82) is 0 Å². The molecular weight excluding hydrogens is 386 g/mol. The van der Waals surface area contributed by atoms with E-state index in [0.29, 0.717) is 5.75 Å². The Bertz CT molecular complexity index is 1100. The van der Waals surface area contributed by atoms with Crippen molar-refractivity contribution in [1.82, 2.24) is 0 Å². The first-order valence-electron chi connectivity index (χ1n) is 9.19. The van der Waals surface area contributed by atoms with Crippen molar-refractivity contribution in [2.45, 2.75) is 25.7 Å². The van der Waals surface area contributed by atoms with Crippen molar-refractivity contribution in [3.05, 3.63) is 89.5 Å². The van der Waals surface area contributed by atoms with E-state index >= 15 is 0 Å². The van der Waals surface area contributed by atoms with Crippen molar-refractivity contribution >= 4 is 21.6 Å². The third-order valence-electron chi connectivity index (χ3n) is 4.50. The number of ether oxygens (including phenoxy) is 1. The fourth-order valence-corrected chi connectivity index (χ4v) is 4.24. The van der Waals surface area contributed by atoms with Crippen LogP contribution in [0, 0.1) is 20.8 Å². The molecule has 29 heavy (non-hydrogen) atoms. The lowest BCUT2D eigenvalue weighted by atomic mass is 10.2. The highest BCUT2D eigenvalue weighted by Gasteiger charge is 2.31. The highest BCUT2D eigenvalue weighted by Crippen LogP contribution is 2.25. The van der Waals surface area contributed by atoms with E-state index in [1.54, 1.807) is 48.5 Å². The van der Waals surface area contributed by atoms with E-state index in [0.717, 1.165) is 21.0 Å². The lowest BCUT2D eigenvalue weighted by Crippen LogP contribution is -2.40. The number of nitrogens with zero attached hydrogens (tertiary/aromatic N) is 1. The van der Waals surface area contributed by atoms with Gasteiger partial charge in [-0.15, -0.1) is 0 Å². The van der Waals surface area contributed by atoms with Crippen LogP contribution >= 0.6 is 0 Å². The molecule has 0 saturated heterocycles. The van der Waals surface area contributed by atoms with Gasteiger partial charge in [0, 0.05) is 0 Å². The van der Waals surface area contributed by atoms with Gasteiger partial charge in [-0.25, -0.2) is 8.42 Å². The van der Waals surface area contributed by atoms with Gasteiger partial charge in [-0.1, -0.05) is 53.6 Å². The number of para-hydroxylation sites is 1. The van der Waals surface area contributed by atoms with Crippen LogP contribution in [0.3, 0.4) is 0 Å². The Balaban J connectivity index is 1.96. The van der Waals surface area contributed by atoms with Gasteiger partial charge in [0.2, 0.25) is 0 Å². The molecule has 0 spiro atoms. The Kier molecular flexibility index (Phi) is 6.03. The van der Waals surface area contributed by atoms with E-state index in [9.17, 15) is 13.2 Å². The summed E-state index contributed by atoms with van der Waals surface area (Å²) in [6.07, 6.45) is 0. The fraction of sp³-hybridized carbons (Fsp3) is 0.174. The molecule has 0 heterocycles. The van der Waals surface area contributed by atoms with E-state index in [4.69, 9.17) is 4.74 Å². The number of amides is 1. The van der Waals surface area contributed by atoms with Gasteiger partial charge in [-0.05, 0) is 56.7 Å². The van der Waals surface area contributed by atoms with E-state index < -0.39 is 22.5 Å². The first kappa shape index (κ1) is 20.6. The van der Waals surface area contributed by atoms with Gasteiger partial charge in [-0.2, -0.15) is 4.31 Å². The predicted molar refractivity (Wildman–Crippen MR) is 114 cm³/mol. The normalized spacial score (nSPS) is 11.1. The first-order valence-corrected chi connectivity index (χ1v) is 10.6. The molecule has 0 radical (unpaired) electrons. The molecule has 0 bridgehead atoms. The fourth-order valence-electron chi connectivity index (χ4n) is 2.83. The molecule has 0 unspecified atom stereocenters. The summed E-state index contributed by atoms with van der Waals surface area (Å²) in [6.45, 7) is 5.23. The van der Waals surface area contributed by atoms with Crippen molar-refractivity contribution in [2.24, 2.45) is 0 Å². The van der Waals surface area contributed by atoms with Crippen LogP contribution in [0.1, 0.15) is 16.7 Å². The molecule has 3 rings (SSSR count). The molecule has 1 amide bonds. The molecule has 3 aromatic carbocycles. The number of anilines is 1. The Morgan fingerprint density at radius 1 is 0.828 bits per heavy atom. The largest absolute Gasteiger partial charge is 0.483 e. The lowest BCUT2D eigenvalue weighted by Gasteiger charge is -2.23. The summed E-state index contributed by atoms with van der Waals surface area (Å²) in [5.41, 5.74) is 3.03. The van der Waals surface area contributed by atoms with E-state index in [2.05, 4.69) is 0 Å². The molecule has 0 aromatic heterocycles. The standard InChI is InChI=1S/C23H23NO4S/c1-17-8-12-20(13-9-17)24(29(26,27)21-14-10-18(2)11-15-21)23(25)16-28-22-7-5-4-6-19(22)3/h4-15H,16H2,1-3H3. The van der Waals surface area contributed by atoms with Gasteiger partial charge in [-0.3, -0.25) is 4.79 Å². The minimum absolute atomic E-state index is 0.0490. The van der Waals surface area contributed by atoms with Crippen LogP contribution in [0.25, 0.3) is 0 Å². The molecule has 0 N–H and O–H groups in total. The zero-order valence-electron chi connectivity index (χ0n) is 16.6. The summed E-state index contributed by atoms with van der Waals surface area (Å²) in [4.78, 5) is 13.1. The van der Waals surface area contributed by atoms with E-state index in [-0.39, 0.29) is 10.6 Å². The van der Waals surface area contributed by atoms with Crippen LogP contribution in [0.2, 0.25) is 0 Å². The molecule has 0 aliphatic rings. The summed E-state index contributed by atoms with van der Waals surface area (Å²) >= 11 is 0. The maximum atomic E-state index is 13.3. The van der Waals surface area contributed by atoms with Crippen LogP contribution in [-0.4, -0.2) is 20.9 Å². The predicted octanol–water partition coefficient (Wildman–Crippen LogP) is 4.41. The summed E-state index contributed by atoms with van der Waals surface area (Å²) in [7, 11) is -4.09. The Morgan fingerprint density at radius 2 is 1.38 bits per heavy atom. The zero-order chi connectivity index (χ0) is 21.0. The van der Waals surface area contributed by atoms with Gasteiger partial charge in [0.05, 0.1) is 10.6 Å². The Morgan fingerprint density at radius 3 is 1.97 bits per heavy atom. The minimum Gasteiger partial charge on any atom is -0.483 e. The number of hydrogen-bond acceptors (Lipinski definition) is 4. The van der Waals surface area contributed by atoms with Crippen LogP contribution < -0.4 is 9.04 Å². The Labute approximate surface area is 171 Å². The number of aryl methyl sites for hydroxylation is 3. The highest BCUT2D eigenvalue weighted by atomic mass is 32.2. The van der Waals surface area contributed by atoms with Crippen molar-refractivity contribution in [2.75, 3.05) is 10.9 Å². The molecule has 0 saturated carbocycles. The number of rotatable bonds is 6. The van der Waals surface area contributed by atoms with Crippen LogP contribution in [-0.2, 0) is 14.8 Å². The molecule has 6 heteroatoms. The summed E-state index contributed by atoms with van der Waals surface area (Å²) in [5, 5.41) is 0. The van der Waals surface area contributed by atoms with Gasteiger partial charge >= 0.3 is 0 Å². The quantitative estimate of drug-likeness (QED) is 0.605. The average molecular weight is 410 g/mol. The molecule has 0 aliphatic carbocycles. The van der Waals surface area contributed by atoms with Crippen LogP contribution in [0.5, 0.6) is 5.75 Å². The van der Waals surface area contributed by atoms with Crippen molar-refractivity contribution in [3.63, 3.8) is 0 Å². The third-order valence-corrected chi connectivity index (χ3v) is 6.26. The second kappa shape index (κ2) is 8.49. The number of carbonyl (C=O) groups is 1. The molecule has 0 fully saturated rings. The van der Waals surface area contributed by atoms with Gasteiger partial charge < -0.3 is 4.74 Å². The molecule has 0 aliphatic heterocycles. The number of sulfonamides is 1. The summed E-state index contributed by atoms with van der Waals surface area (Å²) in [6, 6.07) is 20.4. The maximum Gasteiger partial charge on any atom is 0.278 e. The Hall–Kier alpha value is -3.12. The second-order valence-electron chi connectivity index (χ2n) is 6.87. The first-order chi connectivity index (χ1) is 13.8. The number of hydrogen-bond donors (Lipinski definition) is 0. The lowest BCUT2D eigenvalue weighted by molar-refractivity contribution is -0.119. The molecule has 0 atom stereocenters. The van der Waals surface area contributed by atoms with Gasteiger partial charge in [0.1, 0.15) is 5.75 Å². The van der Waals surface area contributed by atoms with Crippen molar-refractivity contribution in [3.8, 4) is 5.75 Å².